The van der Waals surface area contributed by atoms with Crippen molar-refractivity contribution in [2.45, 2.75) is 103 Å². The third-order valence-electron chi connectivity index (χ3n) is 9.78. The predicted molar refractivity (Wildman–Crippen MR) is 174 cm³/mol. The number of hydrogen-bond donors (Lipinski definition) is 1. The molecule has 1 aromatic carbocycles. The molecule has 6 rings (SSSR count). The van der Waals surface area contributed by atoms with Crippen LogP contribution in [0, 0.1) is 0 Å². The Morgan fingerprint density at radius 3 is 2.07 bits per heavy atom. The van der Waals surface area contributed by atoms with Gasteiger partial charge >= 0.3 is 0 Å². The van der Waals surface area contributed by atoms with Gasteiger partial charge in [0.25, 0.3) is 5.91 Å². The van der Waals surface area contributed by atoms with Crippen molar-refractivity contribution in [3.63, 3.8) is 0 Å². The third kappa shape index (κ3) is 6.57. The Hall–Kier alpha value is -4.08. The maximum atomic E-state index is 13.8. The summed E-state index contributed by atoms with van der Waals surface area (Å²) in [5.74, 6) is 0.606. The molecule has 1 N–H and O–H groups in total. The molecule has 3 amide bonds. The third-order valence-corrected chi connectivity index (χ3v) is 9.78. The number of carbonyl (C=O) groups is 4. The summed E-state index contributed by atoms with van der Waals surface area (Å²) in [6, 6.07) is 9.80. The van der Waals surface area contributed by atoms with Crippen LogP contribution < -0.4 is 5.32 Å². The minimum Gasteiger partial charge on any atom is -0.490 e. The van der Waals surface area contributed by atoms with Crippen LogP contribution in [0.25, 0.3) is 0 Å². The summed E-state index contributed by atoms with van der Waals surface area (Å²) in [7, 11) is 0. The molecule has 2 fully saturated rings. The van der Waals surface area contributed by atoms with Gasteiger partial charge in [-0.3, -0.25) is 14.4 Å². The number of rotatable bonds is 10. The topological polar surface area (TPSA) is 102 Å². The minimum absolute atomic E-state index is 0.0213. The second-order valence-corrected chi connectivity index (χ2v) is 14.4. The zero-order valence-electron chi connectivity index (χ0n) is 27.7. The van der Waals surface area contributed by atoms with Gasteiger partial charge in [0, 0.05) is 62.2 Å². The maximum Gasteiger partial charge on any atom is 0.250 e. The number of Topliss-reactive ketones (excluding diaryl/α,β-unsaturated/α-hetero) is 1. The normalized spacial score (nSPS) is 28.2. The van der Waals surface area contributed by atoms with E-state index in [0.29, 0.717) is 38.1 Å². The second kappa shape index (κ2) is 12.6. The quantitative estimate of drug-likeness (QED) is 0.424. The lowest BCUT2D eigenvalue weighted by atomic mass is 10.0. The highest BCUT2D eigenvalue weighted by Gasteiger charge is 2.47. The molecular formula is C36H47N5O5. The minimum atomic E-state index is -0.463. The molecule has 5 aliphatic heterocycles. The van der Waals surface area contributed by atoms with Crippen molar-refractivity contribution in [1.82, 2.24) is 24.9 Å². The number of ether oxygens (including phenoxy) is 1. The standard InChI is InChI=1S/C36H47N5O5/c1-23(42)11-12-28-32(46-36(3,4)5)20-35(45)40(28)26-14-16-39(22-26)30-19-34(44)41(31(30)17-25-9-7-6-8-10-25)27-13-15-38(21-27)29-18-33(43)37-24(29)2/h6-10,18-20,24,26-28,31H,11-17,21-22H2,1-5H3,(H,37,43)/t24-,26-,27-,28-,31-/m0/s1. The molecule has 5 aliphatic rings. The number of amides is 3. The van der Waals surface area contributed by atoms with Gasteiger partial charge in [0.1, 0.15) is 17.1 Å². The van der Waals surface area contributed by atoms with E-state index in [4.69, 9.17) is 4.74 Å². The Kier molecular flexibility index (Phi) is 8.74. The molecule has 0 spiro atoms. The molecule has 246 valence electrons. The molecule has 10 heteroatoms. The van der Waals surface area contributed by atoms with E-state index in [1.807, 2.05) is 56.9 Å². The zero-order valence-corrected chi connectivity index (χ0v) is 27.7. The van der Waals surface area contributed by atoms with E-state index in [9.17, 15) is 19.2 Å². The van der Waals surface area contributed by atoms with Crippen LogP contribution in [0.15, 0.2) is 65.7 Å². The van der Waals surface area contributed by atoms with Crippen molar-refractivity contribution in [1.29, 1.82) is 0 Å². The number of hydrogen-bond acceptors (Lipinski definition) is 7. The largest absolute Gasteiger partial charge is 0.490 e. The average molecular weight is 630 g/mol. The van der Waals surface area contributed by atoms with Crippen LogP contribution in [-0.2, 0) is 30.3 Å². The molecular weight excluding hydrogens is 582 g/mol. The molecule has 0 saturated carbocycles. The van der Waals surface area contributed by atoms with Crippen LogP contribution in [0.3, 0.4) is 0 Å². The van der Waals surface area contributed by atoms with Crippen molar-refractivity contribution >= 4 is 23.5 Å². The van der Waals surface area contributed by atoms with Crippen LogP contribution in [0.5, 0.6) is 0 Å². The van der Waals surface area contributed by atoms with E-state index in [0.717, 1.165) is 42.9 Å². The van der Waals surface area contributed by atoms with Gasteiger partial charge in [-0.05, 0) is 65.9 Å². The average Bonchev–Trinajstić information content (AvgIpc) is 3.79. The van der Waals surface area contributed by atoms with Gasteiger partial charge in [-0.1, -0.05) is 30.3 Å². The first-order valence-corrected chi connectivity index (χ1v) is 16.7. The van der Waals surface area contributed by atoms with Gasteiger partial charge in [0.2, 0.25) is 11.8 Å². The van der Waals surface area contributed by atoms with Gasteiger partial charge in [-0.2, -0.15) is 0 Å². The predicted octanol–water partition coefficient (Wildman–Crippen LogP) is 3.15. The Labute approximate surface area is 272 Å². The number of nitrogens with one attached hydrogen (secondary N) is 1. The molecule has 10 nitrogen and oxygen atoms in total. The first kappa shape index (κ1) is 31.9. The highest BCUT2D eigenvalue weighted by atomic mass is 16.5. The molecule has 1 aromatic rings. The van der Waals surface area contributed by atoms with Crippen LogP contribution in [0.1, 0.15) is 65.9 Å². The summed E-state index contributed by atoms with van der Waals surface area (Å²) in [6.07, 6.45) is 8.31. The fourth-order valence-corrected chi connectivity index (χ4v) is 7.82. The van der Waals surface area contributed by atoms with Gasteiger partial charge < -0.3 is 34.4 Å². The molecule has 0 aliphatic carbocycles. The number of ketones is 1. The number of carbonyl (C=O) groups excluding carboxylic acids is 4. The van der Waals surface area contributed by atoms with E-state index in [2.05, 4.69) is 32.1 Å². The lowest BCUT2D eigenvalue weighted by Gasteiger charge is -2.36. The van der Waals surface area contributed by atoms with Crippen LogP contribution >= 0.6 is 0 Å². The van der Waals surface area contributed by atoms with Crippen molar-refractivity contribution in [3.8, 4) is 0 Å². The Bertz CT molecular complexity index is 1480. The van der Waals surface area contributed by atoms with E-state index < -0.39 is 5.60 Å². The van der Waals surface area contributed by atoms with Crippen molar-refractivity contribution in [2.75, 3.05) is 26.2 Å². The van der Waals surface area contributed by atoms with Gasteiger partial charge in [0.05, 0.1) is 30.2 Å². The number of likely N-dealkylation sites (tertiary alicyclic amines) is 2. The van der Waals surface area contributed by atoms with Crippen LogP contribution in [0.4, 0.5) is 0 Å². The van der Waals surface area contributed by atoms with E-state index in [1.54, 1.807) is 19.1 Å². The zero-order chi connectivity index (χ0) is 32.7. The highest BCUT2D eigenvalue weighted by molar-refractivity contribution is 5.93. The molecule has 0 radical (unpaired) electrons. The Morgan fingerprint density at radius 1 is 0.870 bits per heavy atom. The molecule has 0 bridgehead atoms. The van der Waals surface area contributed by atoms with Crippen molar-refractivity contribution < 1.29 is 23.9 Å². The fourth-order valence-electron chi connectivity index (χ4n) is 7.82. The highest BCUT2D eigenvalue weighted by Crippen LogP contribution is 2.37. The summed E-state index contributed by atoms with van der Waals surface area (Å²) < 4.78 is 6.24. The smallest absolute Gasteiger partial charge is 0.250 e. The number of benzene rings is 1. The molecule has 5 atom stereocenters. The van der Waals surface area contributed by atoms with Gasteiger partial charge in [-0.25, -0.2) is 0 Å². The second-order valence-electron chi connectivity index (χ2n) is 14.4. The monoisotopic (exact) mass is 629 g/mol. The lowest BCUT2D eigenvalue weighted by Crippen LogP contribution is -2.48. The van der Waals surface area contributed by atoms with E-state index in [-0.39, 0.29) is 53.7 Å². The van der Waals surface area contributed by atoms with Crippen molar-refractivity contribution in [2.24, 2.45) is 0 Å². The molecule has 5 heterocycles. The summed E-state index contributed by atoms with van der Waals surface area (Å²) in [5, 5.41) is 2.96. The Balaban J connectivity index is 1.21. The summed E-state index contributed by atoms with van der Waals surface area (Å²) in [5.41, 5.74) is 2.70. The summed E-state index contributed by atoms with van der Waals surface area (Å²) in [4.78, 5) is 59.8. The molecule has 2 saturated heterocycles. The maximum absolute atomic E-state index is 13.8. The van der Waals surface area contributed by atoms with E-state index in [1.165, 1.54) is 0 Å². The van der Waals surface area contributed by atoms with Crippen LogP contribution in [-0.4, -0.2) is 105 Å². The first-order valence-electron chi connectivity index (χ1n) is 16.7. The van der Waals surface area contributed by atoms with E-state index >= 15 is 0 Å². The van der Waals surface area contributed by atoms with Crippen LogP contribution in [0.2, 0.25) is 0 Å². The van der Waals surface area contributed by atoms with Gasteiger partial charge in [-0.15, -0.1) is 0 Å². The van der Waals surface area contributed by atoms with Gasteiger partial charge in [0.15, 0.2) is 0 Å². The molecule has 46 heavy (non-hydrogen) atoms. The van der Waals surface area contributed by atoms with Crippen molar-refractivity contribution in [3.05, 3.63) is 71.3 Å². The lowest BCUT2D eigenvalue weighted by molar-refractivity contribution is -0.129. The summed E-state index contributed by atoms with van der Waals surface area (Å²) >= 11 is 0. The Morgan fingerprint density at radius 2 is 1.48 bits per heavy atom. The number of nitrogens with zero attached hydrogens (tertiary/aromatic N) is 4. The molecule has 0 aromatic heterocycles. The fraction of sp³-hybridized carbons (Fsp3) is 0.556. The first-order chi connectivity index (χ1) is 21.9. The SMILES string of the molecule is CC(=O)CC[C@H]1C(OC(C)(C)C)=CC(=O)N1[C@H]1CCN(C2=CC(=O)N([C@H]3CCN(C4=CC(=O)N[C@H]4C)C3)[C@H]2Cc2ccccc2)C1. The molecule has 0 unspecified atom stereocenters. The summed E-state index contributed by atoms with van der Waals surface area (Å²) in [6.45, 7) is 12.3.